The second-order valence-electron chi connectivity index (χ2n) is 6.23. The number of rotatable bonds is 4. The van der Waals surface area contributed by atoms with Gasteiger partial charge < -0.3 is 9.84 Å². The molecule has 0 saturated carbocycles. The summed E-state index contributed by atoms with van der Waals surface area (Å²) in [5.74, 6) is 1.20. The molecule has 0 aliphatic carbocycles. The van der Waals surface area contributed by atoms with E-state index in [0.29, 0.717) is 33.5 Å². The van der Waals surface area contributed by atoms with Gasteiger partial charge in [-0.1, -0.05) is 18.2 Å². The molecule has 0 saturated heterocycles. The lowest BCUT2D eigenvalue weighted by Crippen LogP contribution is -2.10. The van der Waals surface area contributed by atoms with E-state index in [2.05, 4.69) is 9.98 Å². The fourth-order valence-corrected chi connectivity index (χ4v) is 5.58. The summed E-state index contributed by atoms with van der Waals surface area (Å²) in [7, 11) is 0. The first kappa shape index (κ1) is 18.8. The molecule has 8 heteroatoms. The van der Waals surface area contributed by atoms with Crippen molar-refractivity contribution in [1.82, 2.24) is 4.98 Å². The predicted molar refractivity (Wildman–Crippen MR) is 114 cm³/mol. The van der Waals surface area contributed by atoms with Crippen molar-refractivity contribution < 1.29 is 14.6 Å². The van der Waals surface area contributed by atoms with Crippen LogP contribution in [0.3, 0.4) is 0 Å². The van der Waals surface area contributed by atoms with E-state index in [1.807, 2.05) is 11.8 Å². The van der Waals surface area contributed by atoms with Gasteiger partial charge in [-0.05, 0) is 30.7 Å². The fourth-order valence-electron chi connectivity index (χ4n) is 3.26. The highest BCUT2D eigenvalue weighted by Crippen LogP contribution is 2.41. The van der Waals surface area contributed by atoms with Crippen LogP contribution in [0.4, 0.5) is 5.00 Å². The molecule has 0 unspecified atom stereocenters. The molecule has 0 bridgehead atoms. The summed E-state index contributed by atoms with van der Waals surface area (Å²) in [6.45, 7) is 2.08. The maximum absolute atomic E-state index is 12.5. The van der Waals surface area contributed by atoms with Crippen LogP contribution in [0.15, 0.2) is 34.1 Å². The molecule has 2 N–H and O–H groups in total. The third kappa shape index (κ3) is 3.33. The molecule has 3 heterocycles. The van der Waals surface area contributed by atoms with Crippen LogP contribution in [0.25, 0.3) is 10.8 Å². The number of ether oxygens (including phenoxy) is 1. The van der Waals surface area contributed by atoms with Gasteiger partial charge in [0.25, 0.3) is 5.56 Å². The summed E-state index contributed by atoms with van der Waals surface area (Å²) in [5.41, 5.74) is 1.59. The Morgan fingerprint density at radius 2 is 2.14 bits per heavy atom. The van der Waals surface area contributed by atoms with Gasteiger partial charge in [-0.25, -0.2) is 9.79 Å². The summed E-state index contributed by atoms with van der Waals surface area (Å²) < 4.78 is 5.24. The van der Waals surface area contributed by atoms with Crippen molar-refractivity contribution in [2.45, 2.75) is 19.1 Å². The molecule has 1 aromatic carbocycles. The largest absolute Gasteiger partial charge is 0.494 e. The van der Waals surface area contributed by atoms with Gasteiger partial charge in [-0.2, -0.15) is 11.8 Å². The van der Waals surface area contributed by atoms with E-state index >= 15 is 0 Å². The van der Waals surface area contributed by atoms with Crippen LogP contribution in [0.5, 0.6) is 5.88 Å². The van der Waals surface area contributed by atoms with Crippen LogP contribution in [-0.4, -0.2) is 34.6 Å². The average molecular weight is 415 g/mol. The molecular weight excluding hydrogens is 396 g/mol. The van der Waals surface area contributed by atoms with E-state index in [9.17, 15) is 14.7 Å². The molecule has 6 nitrogen and oxygen atoms in total. The molecule has 1 aliphatic rings. The Balaban J connectivity index is 1.83. The van der Waals surface area contributed by atoms with Gasteiger partial charge in [-0.3, -0.25) is 9.78 Å². The number of carbonyl (C=O) groups excluding carboxylic acids is 1. The first-order valence-electron chi connectivity index (χ1n) is 8.87. The molecule has 4 rings (SSSR count). The Morgan fingerprint density at radius 1 is 1.36 bits per heavy atom. The fraction of sp³-hybridized carbons (Fsp3) is 0.250. The smallest absolute Gasteiger partial charge is 0.341 e. The number of aromatic amines is 1. The minimum Gasteiger partial charge on any atom is -0.494 e. The number of aromatic nitrogens is 1. The number of H-pyrrole nitrogens is 1. The number of esters is 1. The van der Waals surface area contributed by atoms with Gasteiger partial charge >= 0.3 is 5.97 Å². The molecule has 0 fully saturated rings. The number of pyridine rings is 1. The number of aromatic hydroxyl groups is 1. The maximum atomic E-state index is 12.5. The van der Waals surface area contributed by atoms with Crippen molar-refractivity contribution in [3.63, 3.8) is 0 Å². The molecule has 0 amide bonds. The third-order valence-electron chi connectivity index (χ3n) is 4.54. The number of fused-ring (bicyclic) bond motifs is 2. The summed E-state index contributed by atoms with van der Waals surface area (Å²) in [4.78, 5) is 32.7. The molecule has 2 aromatic heterocycles. The lowest BCUT2D eigenvalue weighted by molar-refractivity contribution is 0.0526. The SMILES string of the molecule is CCOC(=O)c1c(/N=C/c2c(O)[nH]c(=O)c3ccccc23)sc2c1CCSC2. The molecule has 28 heavy (non-hydrogen) atoms. The monoisotopic (exact) mass is 414 g/mol. The van der Waals surface area contributed by atoms with E-state index in [1.54, 1.807) is 31.2 Å². The van der Waals surface area contributed by atoms with Crippen LogP contribution in [-0.2, 0) is 16.9 Å². The van der Waals surface area contributed by atoms with E-state index in [-0.39, 0.29) is 17.4 Å². The maximum Gasteiger partial charge on any atom is 0.341 e. The van der Waals surface area contributed by atoms with E-state index in [4.69, 9.17) is 4.74 Å². The van der Waals surface area contributed by atoms with Crippen LogP contribution in [0.2, 0.25) is 0 Å². The quantitative estimate of drug-likeness (QED) is 0.497. The number of nitrogens with zero attached hydrogens (tertiary/aromatic N) is 1. The van der Waals surface area contributed by atoms with Crippen LogP contribution < -0.4 is 5.56 Å². The molecule has 144 valence electrons. The molecular formula is C20H18N2O4S2. The van der Waals surface area contributed by atoms with Gasteiger partial charge in [0.15, 0.2) is 0 Å². The number of hydrogen-bond acceptors (Lipinski definition) is 7. The number of aliphatic imine (C=N–C) groups is 1. The van der Waals surface area contributed by atoms with Crippen LogP contribution >= 0.6 is 23.1 Å². The molecule has 0 atom stereocenters. The predicted octanol–water partition coefficient (Wildman–Crippen LogP) is 4.01. The van der Waals surface area contributed by atoms with Crippen molar-refractivity contribution in [3.8, 4) is 5.88 Å². The van der Waals surface area contributed by atoms with Crippen molar-refractivity contribution >= 4 is 51.1 Å². The van der Waals surface area contributed by atoms with Gasteiger partial charge in [0.2, 0.25) is 5.88 Å². The van der Waals surface area contributed by atoms with E-state index < -0.39 is 0 Å². The molecule has 0 spiro atoms. The zero-order valence-electron chi connectivity index (χ0n) is 15.2. The van der Waals surface area contributed by atoms with Gasteiger partial charge in [0, 0.05) is 27.6 Å². The van der Waals surface area contributed by atoms with Crippen molar-refractivity contribution in [2.75, 3.05) is 12.4 Å². The average Bonchev–Trinajstić information content (AvgIpc) is 3.06. The zero-order valence-corrected chi connectivity index (χ0v) is 16.8. The standard InChI is InChI=1S/C20H18N2O4S2/c1-2-26-20(25)16-13-7-8-27-10-15(13)28-19(16)21-9-14-11-5-3-4-6-12(11)17(23)22-18(14)24/h3-6,9H,2,7-8,10H2,1H3,(H2,22,23,24)/b21-9+. The van der Waals surface area contributed by atoms with Crippen molar-refractivity contribution in [1.29, 1.82) is 0 Å². The Labute approximate surface area is 169 Å². The summed E-state index contributed by atoms with van der Waals surface area (Å²) >= 11 is 3.31. The van der Waals surface area contributed by atoms with Crippen LogP contribution in [0, 0.1) is 0 Å². The summed E-state index contributed by atoms with van der Waals surface area (Å²) in [6.07, 6.45) is 2.31. The molecule has 1 aliphatic heterocycles. The lowest BCUT2D eigenvalue weighted by Gasteiger charge is -2.11. The first-order valence-corrected chi connectivity index (χ1v) is 10.8. The van der Waals surface area contributed by atoms with Gasteiger partial charge in [0.05, 0.1) is 17.7 Å². The highest BCUT2D eigenvalue weighted by Gasteiger charge is 2.26. The van der Waals surface area contributed by atoms with Crippen molar-refractivity contribution in [3.05, 3.63) is 56.2 Å². The highest BCUT2D eigenvalue weighted by molar-refractivity contribution is 7.98. The second kappa shape index (κ2) is 7.81. The number of thiophene rings is 1. The Kier molecular flexibility index (Phi) is 5.23. The highest BCUT2D eigenvalue weighted by atomic mass is 32.2. The zero-order chi connectivity index (χ0) is 19.7. The van der Waals surface area contributed by atoms with E-state index in [1.165, 1.54) is 17.6 Å². The Bertz CT molecular complexity index is 1150. The van der Waals surface area contributed by atoms with Crippen LogP contribution in [0.1, 0.15) is 33.3 Å². The number of nitrogens with one attached hydrogen (secondary N) is 1. The molecule has 3 aromatic rings. The molecule has 0 radical (unpaired) electrons. The number of carbonyl (C=O) groups is 1. The lowest BCUT2D eigenvalue weighted by atomic mass is 10.1. The summed E-state index contributed by atoms with van der Waals surface area (Å²) in [5, 5.41) is 11.9. The number of benzene rings is 1. The van der Waals surface area contributed by atoms with Gasteiger partial charge in [0.1, 0.15) is 5.00 Å². The number of hydrogen-bond donors (Lipinski definition) is 2. The first-order chi connectivity index (χ1) is 13.6. The van der Waals surface area contributed by atoms with Gasteiger partial charge in [-0.15, -0.1) is 11.3 Å². The Morgan fingerprint density at radius 3 is 2.93 bits per heavy atom. The minimum absolute atomic E-state index is 0.248. The third-order valence-corrected chi connectivity index (χ3v) is 6.85. The minimum atomic E-state index is -0.366. The summed E-state index contributed by atoms with van der Waals surface area (Å²) in [6, 6.07) is 7.01. The second-order valence-corrected chi connectivity index (χ2v) is 8.42. The van der Waals surface area contributed by atoms with Crippen molar-refractivity contribution in [2.24, 2.45) is 4.99 Å². The normalized spacial score (nSPS) is 13.8. The number of thioether (sulfide) groups is 1. The van der Waals surface area contributed by atoms with E-state index in [0.717, 1.165) is 28.4 Å². The Hall–Kier alpha value is -2.58. The topological polar surface area (TPSA) is 91.8 Å².